The molecule has 0 aliphatic heterocycles. The Kier molecular flexibility index (Phi) is 11.2. The van der Waals surface area contributed by atoms with Crippen molar-refractivity contribution in [3.8, 4) is 22.6 Å². The van der Waals surface area contributed by atoms with Crippen LogP contribution in [0.25, 0.3) is 11.1 Å². The summed E-state index contributed by atoms with van der Waals surface area (Å²) in [4.78, 5) is 0. The zero-order valence-corrected chi connectivity index (χ0v) is 25.9. The molecular formula is C34H40O4P2. The number of ether oxygens (including phenoxy) is 2. The Hall–Kier alpha value is -2.74. The first kappa shape index (κ1) is 30.2. The molecule has 0 fully saturated rings. The van der Waals surface area contributed by atoms with Gasteiger partial charge in [0.2, 0.25) is 0 Å². The van der Waals surface area contributed by atoms with Crippen molar-refractivity contribution < 1.29 is 18.5 Å². The smallest absolute Gasteiger partial charge is 0.146 e. The molecule has 4 atom stereocenters. The highest BCUT2D eigenvalue weighted by atomic mass is 31.1. The van der Waals surface area contributed by atoms with Gasteiger partial charge < -0.3 is 18.5 Å². The topological polar surface area (TPSA) is 36.9 Å². The summed E-state index contributed by atoms with van der Waals surface area (Å²) in [5.74, 6) is 1.73. The fourth-order valence-corrected chi connectivity index (χ4v) is 5.85. The zero-order valence-electron chi connectivity index (χ0n) is 23.9. The van der Waals surface area contributed by atoms with Crippen LogP contribution in [0.3, 0.4) is 0 Å². The molecule has 0 heterocycles. The fraction of sp³-hybridized carbons (Fsp3) is 0.294. The number of hydrogen-bond acceptors (Lipinski definition) is 4. The molecule has 0 aromatic heterocycles. The van der Waals surface area contributed by atoms with Crippen LogP contribution < -0.4 is 9.47 Å². The van der Waals surface area contributed by atoms with Crippen LogP contribution in [0.1, 0.15) is 51.7 Å². The van der Waals surface area contributed by atoms with Crippen LogP contribution >= 0.6 is 17.6 Å². The highest BCUT2D eigenvalue weighted by Crippen LogP contribution is 2.41. The Labute approximate surface area is 243 Å². The summed E-state index contributed by atoms with van der Waals surface area (Å²) >= 11 is 0. The van der Waals surface area contributed by atoms with Gasteiger partial charge in [0.15, 0.2) is 0 Å². The Morgan fingerprint density at radius 1 is 0.500 bits per heavy atom. The second-order valence-electron chi connectivity index (χ2n) is 10.1. The Morgan fingerprint density at radius 3 is 1.23 bits per heavy atom. The molecule has 0 saturated heterocycles. The molecule has 0 bridgehead atoms. The van der Waals surface area contributed by atoms with Crippen molar-refractivity contribution in [3.05, 3.63) is 120 Å². The standard InChI is InChI=1S/C34H40O4P2/c1-5-33(3,37-29-19-9-7-10-20-29)39-35-25-27-17-13-15-23-31(27)32-24-16-14-18-28(32)26-36-40-34(4,6-2)38-30-21-11-8-12-22-30/h7-24,39-40H,5-6,25-26H2,1-4H3. The maximum absolute atomic E-state index is 6.30. The molecule has 0 radical (unpaired) electrons. The predicted molar refractivity (Wildman–Crippen MR) is 170 cm³/mol. The molecule has 6 heteroatoms. The molecule has 0 N–H and O–H groups in total. The highest BCUT2D eigenvalue weighted by molar-refractivity contribution is 7.34. The van der Waals surface area contributed by atoms with E-state index in [1.165, 1.54) is 0 Å². The lowest BCUT2D eigenvalue weighted by Gasteiger charge is -2.29. The summed E-state index contributed by atoms with van der Waals surface area (Å²) < 4.78 is 25.2. The van der Waals surface area contributed by atoms with E-state index in [1.54, 1.807) is 0 Å². The molecule has 0 aliphatic rings. The van der Waals surface area contributed by atoms with Gasteiger partial charge in [-0.2, -0.15) is 0 Å². The number of hydrogen-bond donors (Lipinski definition) is 0. The lowest BCUT2D eigenvalue weighted by molar-refractivity contribution is 0.159. The molecule has 0 amide bonds. The SMILES string of the molecule is CCC(C)(Oc1ccccc1)POCc1ccccc1-c1ccccc1COPC(C)(CC)Oc1ccccc1. The third kappa shape index (κ3) is 8.63. The number of para-hydroxylation sites is 2. The summed E-state index contributed by atoms with van der Waals surface area (Å²) in [6.07, 6.45) is 1.71. The number of benzene rings is 4. The largest absolute Gasteiger partial charge is 0.481 e. The third-order valence-electron chi connectivity index (χ3n) is 6.88. The lowest BCUT2D eigenvalue weighted by Crippen LogP contribution is -2.26. The molecule has 0 aliphatic carbocycles. The van der Waals surface area contributed by atoms with Crippen molar-refractivity contribution >= 4 is 17.6 Å². The van der Waals surface area contributed by atoms with Gasteiger partial charge >= 0.3 is 0 Å². The average molecular weight is 575 g/mol. The van der Waals surface area contributed by atoms with Gasteiger partial charge in [0, 0.05) is 0 Å². The Morgan fingerprint density at radius 2 is 0.850 bits per heavy atom. The van der Waals surface area contributed by atoms with E-state index in [0.29, 0.717) is 13.2 Å². The second-order valence-corrected chi connectivity index (χ2v) is 13.2. The van der Waals surface area contributed by atoms with E-state index in [9.17, 15) is 0 Å². The molecule has 0 saturated carbocycles. The van der Waals surface area contributed by atoms with Gasteiger partial charge in [0.25, 0.3) is 0 Å². The van der Waals surface area contributed by atoms with E-state index in [4.69, 9.17) is 18.5 Å². The van der Waals surface area contributed by atoms with E-state index in [2.05, 4.69) is 76.2 Å². The van der Waals surface area contributed by atoms with Gasteiger partial charge in [-0.3, -0.25) is 0 Å². The first-order valence-electron chi connectivity index (χ1n) is 13.9. The Balaban J connectivity index is 1.41. The first-order valence-corrected chi connectivity index (χ1v) is 15.7. The minimum Gasteiger partial charge on any atom is -0.481 e. The van der Waals surface area contributed by atoms with Gasteiger partial charge in [-0.05, 0) is 73.2 Å². The fourth-order valence-electron chi connectivity index (χ4n) is 4.18. The number of rotatable bonds is 15. The summed E-state index contributed by atoms with van der Waals surface area (Å²) in [6.45, 7) is 9.53. The predicted octanol–water partition coefficient (Wildman–Crippen LogP) is 9.98. The lowest BCUT2D eigenvalue weighted by atomic mass is 9.96. The van der Waals surface area contributed by atoms with Gasteiger partial charge in [-0.1, -0.05) is 98.8 Å². The van der Waals surface area contributed by atoms with E-state index in [-0.39, 0.29) is 28.3 Å². The molecule has 4 unspecified atom stereocenters. The maximum atomic E-state index is 6.30. The van der Waals surface area contributed by atoms with Gasteiger partial charge in [-0.15, -0.1) is 0 Å². The van der Waals surface area contributed by atoms with Crippen LogP contribution in [-0.2, 0) is 22.3 Å². The van der Waals surface area contributed by atoms with E-state index >= 15 is 0 Å². The summed E-state index contributed by atoms with van der Waals surface area (Å²) in [6, 6.07) is 36.8. The molecule has 4 rings (SSSR count). The summed E-state index contributed by atoms with van der Waals surface area (Å²) in [5.41, 5.74) is 4.62. The van der Waals surface area contributed by atoms with Gasteiger partial charge in [-0.25, -0.2) is 0 Å². The van der Waals surface area contributed by atoms with Crippen molar-refractivity contribution in [1.82, 2.24) is 0 Å². The molecule has 4 nitrogen and oxygen atoms in total. The van der Waals surface area contributed by atoms with Gasteiger partial charge in [0.05, 0.1) is 30.8 Å². The van der Waals surface area contributed by atoms with Crippen LogP contribution in [0, 0.1) is 0 Å². The van der Waals surface area contributed by atoms with E-state index in [0.717, 1.165) is 46.6 Å². The molecule has 0 spiro atoms. The second kappa shape index (κ2) is 14.8. The molecule has 4 aromatic carbocycles. The van der Waals surface area contributed by atoms with Crippen LogP contribution in [0.15, 0.2) is 109 Å². The first-order chi connectivity index (χ1) is 19.4. The highest BCUT2D eigenvalue weighted by Gasteiger charge is 2.26. The van der Waals surface area contributed by atoms with Crippen LogP contribution in [-0.4, -0.2) is 10.7 Å². The minimum absolute atomic E-state index is 0.200. The zero-order chi connectivity index (χ0) is 28.3. The third-order valence-corrected chi connectivity index (χ3v) is 9.23. The van der Waals surface area contributed by atoms with Gasteiger partial charge in [0.1, 0.15) is 22.2 Å². The quantitative estimate of drug-likeness (QED) is 0.132. The van der Waals surface area contributed by atoms with E-state index in [1.807, 2.05) is 60.7 Å². The molecule has 210 valence electrons. The van der Waals surface area contributed by atoms with Crippen molar-refractivity contribution in [1.29, 1.82) is 0 Å². The average Bonchev–Trinajstić information content (AvgIpc) is 2.99. The maximum Gasteiger partial charge on any atom is 0.146 e. The van der Waals surface area contributed by atoms with E-state index < -0.39 is 0 Å². The van der Waals surface area contributed by atoms with Crippen LogP contribution in [0.5, 0.6) is 11.5 Å². The van der Waals surface area contributed by atoms with Crippen molar-refractivity contribution in [2.24, 2.45) is 0 Å². The van der Waals surface area contributed by atoms with Crippen molar-refractivity contribution in [2.45, 2.75) is 64.4 Å². The monoisotopic (exact) mass is 574 g/mol. The van der Waals surface area contributed by atoms with Crippen LogP contribution in [0.4, 0.5) is 0 Å². The summed E-state index contributed by atoms with van der Waals surface area (Å²) in [5, 5.41) is -0.757. The van der Waals surface area contributed by atoms with Crippen molar-refractivity contribution in [3.63, 3.8) is 0 Å². The minimum atomic E-state index is -0.378. The Bertz CT molecular complexity index is 1210. The molecular weight excluding hydrogens is 534 g/mol. The summed E-state index contributed by atoms with van der Waals surface area (Å²) in [7, 11) is 0.401. The molecule has 4 aromatic rings. The van der Waals surface area contributed by atoms with Crippen LogP contribution in [0.2, 0.25) is 0 Å². The molecule has 40 heavy (non-hydrogen) atoms. The van der Waals surface area contributed by atoms with Crippen molar-refractivity contribution in [2.75, 3.05) is 0 Å². The normalized spacial score (nSPS) is 14.8.